The summed E-state index contributed by atoms with van der Waals surface area (Å²) in [7, 11) is 0. The Bertz CT molecular complexity index is 391. The summed E-state index contributed by atoms with van der Waals surface area (Å²) in [5.74, 6) is 0. The maximum atomic E-state index is 6.02. The Kier molecular flexibility index (Phi) is 4.78. The van der Waals surface area contributed by atoms with Crippen molar-refractivity contribution < 1.29 is 4.74 Å². The summed E-state index contributed by atoms with van der Waals surface area (Å²) in [6.45, 7) is 10.1. The highest BCUT2D eigenvalue weighted by Crippen LogP contribution is 2.30. The van der Waals surface area contributed by atoms with Crippen LogP contribution < -0.4 is 5.73 Å². The summed E-state index contributed by atoms with van der Waals surface area (Å²) < 4.78 is 5.74. The number of rotatable bonds is 4. The predicted octanol–water partition coefficient (Wildman–Crippen LogP) is 2.48. The molecule has 0 bridgehead atoms. The molecule has 0 aromatic carbocycles. The Hall–Kier alpha value is -0.420. The van der Waals surface area contributed by atoms with Gasteiger partial charge in [-0.1, -0.05) is 6.92 Å². The fourth-order valence-electron chi connectivity index (χ4n) is 2.73. The number of hydrogen-bond donors (Lipinski definition) is 1. The van der Waals surface area contributed by atoms with E-state index in [-0.39, 0.29) is 0 Å². The van der Waals surface area contributed by atoms with E-state index in [4.69, 9.17) is 10.5 Å². The first kappa shape index (κ1) is 14.0. The highest BCUT2D eigenvalue weighted by Gasteiger charge is 2.27. The zero-order chi connectivity index (χ0) is 13.1. The van der Waals surface area contributed by atoms with Gasteiger partial charge in [-0.2, -0.15) is 0 Å². The topological polar surface area (TPSA) is 38.5 Å². The van der Waals surface area contributed by atoms with Gasteiger partial charge < -0.3 is 10.5 Å². The molecule has 18 heavy (non-hydrogen) atoms. The number of morpholine rings is 1. The van der Waals surface area contributed by atoms with Crippen molar-refractivity contribution in [3.8, 4) is 0 Å². The number of hydrogen-bond acceptors (Lipinski definition) is 4. The van der Waals surface area contributed by atoms with E-state index >= 15 is 0 Å². The predicted molar refractivity (Wildman–Crippen MR) is 77.2 cm³/mol. The second-order valence-electron chi connectivity index (χ2n) is 5.02. The molecule has 102 valence electrons. The van der Waals surface area contributed by atoms with Crippen LogP contribution in [0.4, 0.5) is 0 Å². The highest BCUT2D eigenvalue weighted by molar-refractivity contribution is 7.12. The molecular formula is C14H24N2OS. The maximum absolute atomic E-state index is 6.02. The highest BCUT2D eigenvalue weighted by atomic mass is 32.1. The quantitative estimate of drug-likeness (QED) is 0.911. The van der Waals surface area contributed by atoms with Crippen LogP contribution in [-0.2, 0) is 4.74 Å². The van der Waals surface area contributed by atoms with Crippen LogP contribution >= 0.6 is 11.3 Å². The largest absolute Gasteiger partial charge is 0.376 e. The van der Waals surface area contributed by atoms with Crippen LogP contribution in [0.25, 0.3) is 0 Å². The van der Waals surface area contributed by atoms with Crippen LogP contribution in [0.5, 0.6) is 0 Å². The molecule has 1 aromatic heterocycles. The average Bonchev–Trinajstić information content (AvgIpc) is 2.70. The molecule has 0 saturated carbocycles. The standard InChI is InChI=1S/C14H24N2OS/c1-4-12-9-16(5-6-17-12)14(8-15)13-7-10(2)18-11(13)3/h7,12,14H,4-6,8-9,15H2,1-3H3. The van der Waals surface area contributed by atoms with Crippen LogP contribution in [0, 0.1) is 13.8 Å². The van der Waals surface area contributed by atoms with Crippen molar-refractivity contribution in [2.24, 2.45) is 5.73 Å². The van der Waals surface area contributed by atoms with Crippen molar-refractivity contribution in [1.82, 2.24) is 4.90 Å². The van der Waals surface area contributed by atoms with E-state index in [0.717, 1.165) is 26.1 Å². The van der Waals surface area contributed by atoms with Crippen LogP contribution in [0.3, 0.4) is 0 Å². The second kappa shape index (κ2) is 6.15. The molecule has 1 saturated heterocycles. The summed E-state index contributed by atoms with van der Waals surface area (Å²) in [6, 6.07) is 2.65. The smallest absolute Gasteiger partial charge is 0.0700 e. The first-order chi connectivity index (χ1) is 8.65. The molecule has 2 atom stereocenters. The van der Waals surface area contributed by atoms with Gasteiger partial charge in [0, 0.05) is 35.4 Å². The van der Waals surface area contributed by atoms with Crippen LogP contribution in [0.15, 0.2) is 6.07 Å². The van der Waals surface area contributed by atoms with Crippen molar-refractivity contribution in [2.45, 2.75) is 39.3 Å². The molecule has 0 aliphatic carbocycles. The van der Waals surface area contributed by atoms with Crippen molar-refractivity contribution >= 4 is 11.3 Å². The van der Waals surface area contributed by atoms with Gasteiger partial charge in [-0.25, -0.2) is 0 Å². The molecule has 1 aromatic rings. The van der Waals surface area contributed by atoms with Gasteiger partial charge >= 0.3 is 0 Å². The summed E-state index contributed by atoms with van der Waals surface area (Å²) in [6.07, 6.45) is 1.45. The lowest BCUT2D eigenvalue weighted by molar-refractivity contribution is -0.0437. The Balaban J connectivity index is 2.15. The molecule has 1 aliphatic rings. The summed E-state index contributed by atoms with van der Waals surface area (Å²) in [5.41, 5.74) is 7.44. The Labute approximate surface area is 114 Å². The third kappa shape index (κ3) is 2.94. The zero-order valence-electron chi connectivity index (χ0n) is 11.6. The van der Waals surface area contributed by atoms with Gasteiger partial charge in [0.2, 0.25) is 0 Å². The fraction of sp³-hybridized carbons (Fsp3) is 0.714. The van der Waals surface area contributed by atoms with Gasteiger partial charge in [-0.3, -0.25) is 4.90 Å². The molecule has 2 rings (SSSR count). The molecule has 0 radical (unpaired) electrons. The van der Waals surface area contributed by atoms with Gasteiger partial charge in [-0.15, -0.1) is 11.3 Å². The molecule has 3 nitrogen and oxygen atoms in total. The van der Waals surface area contributed by atoms with Gasteiger partial charge in [0.05, 0.1) is 12.7 Å². The van der Waals surface area contributed by atoms with Gasteiger partial charge in [0.1, 0.15) is 0 Å². The molecule has 2 heterocycles. The number of nitrogens with two attached hydrogens (primary N) is 1. The maximum Gasteiger partial charge on any atom is 0.0700 e. The average molecular weight is 268 g/mol. The molecule has 0 spiro atoms. The molecule has 1 fully saturated rings. The SMILES string of the molecule is CCC1CN(C(CN)c2cc(C)sc2C)CCO1. The lowest BCUT2D eigenvalue weighted by Crippen LogP contribution is -2.46. The van der Waals surface area contributed by atoms with Crippen molar-refractivity contribution in [3.63, 3.8) is 0 Å². The van der Waals surface area contributed by atoms with E-state index in [2.05, 4.69) is 31.7 Å². The van der Waals surface area contributed by atoms with Gasteiger partial charge in [0.25, 0.3) is 0 Å². The van der Waals surface area contributed by atoms with Gasteiger partial charge in [-0.05, 0) is 31.9 Å². The second-order valence-corrected chi connectivity index (χ2v) is 6.48. The molecule has 0 amide bonds. The van der Waals surface area contributed by atoms with E-state index in [1.54, 1.807) is 0 Å². The first-order valence-corrected chi connectivity index (χ1v) is 7.60. The monoisotopic (exact) mass is 268 g/mol. The third-order valence-electron chi connectivity index (χ3n) is 3.73. The van der Waals surface area contributed by atoms with Gasteiger partial charge in [0.15, 0.2) is 0 Å². The molecule has 2 unspecified atom stereocenters. The normalized spacial score (nSPS) is 23.2. The Morgan fingerprint density at radius 3 is 2.89 bits per heavy atom. The van der Waals surface area contributed by atoms with Crippen molar-refractivity contribution in [2.75, 3.05) is 26.2 Å². The number of aryl methyl sites for hydroxylation is 2. The van der Waals surface area contributed by atoms with Crippen LogP contribution in [0.2, 0.25) is 0 Å². The Morgan fingerprint density at radius 1 is 1.56 bits per heavy atom. The lowest BCUT2D eigenvalue weighted by atomic mass is 10.0. The third-order valence-corrected chi connectivity index (χ3v) is 4.71. The van der Waals surface area contributed by atoms with Crippen molar-refractivity contribution in [1.29, 1.82) is 0 Å². The number of ether oxygens (including phenoxy) is 1. The molecule has 1 aliphatic heterocycles. The summed E-state index contributed by atoms with van der Waals surface area (Å²) >= 11 is 1.87. The Morgan fingerprint density at radius 2 is 2.33 bits per heavy atom. The first-order valence-electron chi connectivity index (χ1n) is 6.78. The van der Waals surface area contributed by atoms with E-state index in [0.29, 0.717) is 18.7 Å². The number of thiophene rings is 1. The minimum atomic E-state index is 0.355. The van der Waals surface area contributed by atoms with Crippen LogP contribution in [0.1, 0.15) is 34.7 Å². The molecular weight excluding hydrogens is 244 g/mol. The van der Waals surface area contributed by atoms with E-state index in [1.165, 1.54) is 15.3 Å². The van der Waals surface area contributed by atoms with Crippen LogP contribution in [-0.4, -0.2) is 37.2 Å². The van der Waals surface area contributed by atoms with Crippen molar-refractivity contribution in [3.05, 3.63) is 21.4 Å². The van der Waals surface area contributed by atoms with E-state index < -0.39 is 0 Å². The summed E-state index contributed by atoms with van der Waals surface area (Å²) in [4.78, 5) is 5.27. The number of nitrogens with zero attached hydrogens (tertiary/aromatic N) is 1. The minimum Gasteiger partial charge on any atom is -0.376 e. The van der Waals surface area contributed by atoms with E-state index in [9.17, 15) is 0 Å². The lowest BCUT2D eigenvalue weighted by Gasteiger charge is -2.37. The molecule has 4 heteroatoms. The summed E-state index contributed by atoms with van der Waals surface area (Å²) in [5, 5.41) is 0. The fourth-order valence-corrected chi connectivity index (χ4v) is 3.71. The molecule has 2 N–H and O–H groups in total. The van der Waals surface area contributed by atoms with E-state index in [1.807, 2.05) is 11.3 Å². The minimum absolute atomic E-state index is 0.355. The zero-order valence-corrected chi connectivity index (χ0v) is 12.4.